The first-order chi connectivity index (χ1) is 16.6. The van der Waals surface area contributed by atoms with E-state index in [2.05, 4.69) is 17.2 Å². The van der Waals surface area contributed by atoms with Gasteiger partial charge in [-0.05, 0) is 18.1 Å². The number of nitrogens with one attached hydrogen (secondary N) is 2. The quantitative estimate of drug-likeness (QED) is 0.175. The third-order valence-corrected chi connectivity index (χ3v) is 6.74. The summed E-state index contributed by atoms with van der Waals surface area (Å²) in [5.41, 5.74) is 1.89. The molecule has 0 spiro atoms. The summed E-state index contributed by atoms with van der Waals surface area (Å²) in [5, 5.41) is 13.3. The van der Waals surface area contributed by atoms with Crippen LogP contribution in [0.3, 0.4) is 0 Å². The van der Waals surface area contributed by atoms with Crippen molar-refractivity contribution in [3.05, 3.63) is 36.0 Å². The van der Waals surface area contributed by atoms with E-state index < -0.39 is 12.0 Å². The van der Waals surface area contributed by atoms with Crippen molar-refractivity contribution in [2.45, 2.75) is 122 Å². The minimum Gasteiger partial charge on any atom is -0.480 e. The Hall–Kier alpha value is -2.30. The molecule has 0 saturated carbocycles. The highest BCUT2D eigenvalue weighted by molar-refractivity contribution is 5.86. The monoisotopic (exact) mass is 470 g/mol. The molecule has 2 aromatic rings. The highest BCUT2D eigenvalue weighted by atomic mass is 16.4. The van der Waals surface area contributed by atoms with E-state index in [9.17, 15) is 14.7 Å². The summed E-state index contributed by atoms with van der Waals surface area (Å²) in [6.45, 7) is 2.27. The molecular formula is C29H46N2O3. The molecule has 1 aromatic heterocycles. The number of aliphatic carboxylic acids is 1. The van der Waals surface area contributed by atoms with Crippen LogP contribution in [0.25, 0.3) is 10.9 Å². The maximum absolute atomic E-state index is 12.3. The summed E-state index contributed by atoms with van der Waals surface area (Å²) < 4.78 is 0. The van der Waals surface area contributed by atoms with Gasteiger partial charge in [0.1, 0.15) is 6.04 Å². The predicted octanol–water partition coefficient (Wildman–Crippen LogP) is 7.54. The lowest BCUT2D eigenvalue weighted by Gasteiger charge is -2.14. The second kappa shape index (κ2) is 17.2. The van der Waals surface area contributed by atoms with Crippen molar-refractivity contribution < 1.29 is 14.7 Å². The molecule has 190 valence electrons. The summed E-state index contributed by atoms with van der Waals surface area (Å²) in [6.07, 6.45) is 21.8. The van der Waals surface area contributed by atoms with E-state index >= 15 is 0 Å². The maximum atomic E-state index is 12.3. The number of amides is 1. The predicted molar refractivity (Wildman–Crippen MR) is 141 cm³/mol. The number of carbonyl (C=O) groups is 2. The summed E-state index contributed by atoms with van der Waals surface area (Å²) in [5.74, 6) is -1.16. The lowest BCUT2D eigenvalue weighted by molar-refractivity contribution is -0.141. The number of benzene rings is 1. The Morgan fingerprint density at radius 1 is 0.824 bits per heavy atom. The van der Waals surface area contributed by atoms with E-state index in [4.69, 9.17) is 0 Å². The molecule has 1 heterocycles. The summed E-state index contributed by atoms with van der Waals surface area (Å²) in [6, 6.07) is 6.91. The van der Waals surface area contributed by atoms with Gasteiger partial charge in [0.05, 0.1) is 0 Å². The number of rotatable bonds is 20. The average molecular weight is 471 g/mol. The zero-order valence-corrected chi connectivity index (χ0v) is 21.2. The van der Waals surface area contributed by atoms with Gasteiger partial charge in [0.15, 0.2) is 0 Å². The number of hydrogen-bond acceptors (Lipinski definition) is 2. The van der Waals surface area contributed by atoms with E-state index in [0.717, 1.165) is 35.7 Å². The summed E-state index contributed by atoms with van der Waals surface area (Å²) in [7, 11) is 0. The third kappa shape index (κ3) is 11.2. The first-order valence-corrected chi connectivity index (χ1v) is 13.7. The number of carboxylic acids is 1. The first-order valence-electron chi connectivity index (χ1n) is 13.7. The van der Waals surface area contributed by atoms with Crippen molar-refractivity contribution in [2.75, 3.05) is 0 Å². The van der Waals surface area contributed by atoms with Gasteiger partial charge in [-0.2, -0.15) is 0 Å². The standard InChI is InChI=1S/C29H46N2O3/c1-2-3-4-5-6-7-8-9-10-11-12-13-14-15-16-21-28(32)31-27(29(33)34)22-24-23-30-26-20-18-17-19-25(24)26/h17-20,23,27,30H,2-16,21-22H2,1H3,(H,31,32)(H,33,34). The number of carboxylic acid groups (broad SMARTS) is 1. The Morgan fingerprint density at radius 3 is 1.91 bits per heavy atom. The molecule has 5 heteroatoms. The molecule has 0 fully saturated rings. The van der Waals surface area contributed by atoms with Gasteiger partial charge in [0.25, 0.3) is 0 Å². The normalized spacial score (nSPS) is 12.1. The molecule has 1 amide bonds. The van der Waals surface area contributed by atoms with Crippen molar-refractivity contribution >= 4 is 22.8 Å². The molecule has 5 nitrogen and oxygen atoms in total. The number of H-pyrrole nitrogens is 1. The largest absolute Gasteiger partial charge is 0.480 e. The van der Waals surface area contributed by atoms with E-state index in [0.29, 0.717) is 6.42 Å². The van der Waals surface area contributed by atoms with Crippen LogP contribution in [0.5, 0.6) is 0 Å². The second-order valence-corrected chi connectivity index (χ2v) is 9.72. The Kier molecular flexibility index (Phi) is 14.1. The Morgan fingerprint density at radius 2 is 1.35 bits per heavy atom. The fourth-order valence-electron chi connectivity index (χ4n) is 4.64. The van der Waals surface area contributed by atoms with E-state index in [-0.39, 0.29) is 12.3 Å². The fraction of sp³-hybridized carbons (Fsp3) is 0.655. The Balaban J connectivity index is 1.48. The molecule has 0 aliphatic rings. The van der Waals surface area contributed by atoms with E-state index in [1.165, 1.54) is 77.0 Å². The topological polar surface area (TPSA) is 82.2 Å². The Labute approximate surface area is 206 Å². The van der Waals surface area contributed by atoms with Crippen molar-refractivity contribution in [3.63, 3.8) is 0 Å². The summed E-state index contributed by atoms with van der Waals surface area (Å²) in [4.78, 5) is 27.2. The van der Waals surface area contributed by atoms with Crippen molar-refractivity contribution in [1.29, 1.82) is 0 Å². The number of fused-ring (bicyclic) bond motifs is 1. The summed E-state index contributed by atoms with van der Waals surface area (Å²) >= 11 is 0. The zero-order valence-electron chi connectivity index (χ0n) is 21.2. The van der Waals surface area contributed by atoms with E-state index in [1.54, 1.807) is 0 Å². The SMILES string of the molecule is CCCCCCCCCCCCCCCCCC(=O)NC(Cc1c[nH]c2ccccc12)C(=O)O. The minimum absolute atomic E-state index is 0.165. The Bertz CT molecular complexity index is 830. The van der Waals surface area contributed by atoms with Gasteiger partial charge in [0.2, 0.25) is 5.91 Å². The average Bonchev–Trinajstić information content (AvgIpc) is 3.24. The van der Waals surface area contributed by atoms with Crippen LogP contribution < -0.4 is 5.32 Å². The number of unbranched alkanes of at least 4 members (excludes halogenated alkanes) is 14. The van der Waals surface area contributed by atoms with Crippen LogP contribution in [-0.2, 0) is 16.0 Å². The molecule has 1 aromatic carbocycles. The third-order valence-electron chi connectivity index (χ3n) is 6.74. The van der Waals surface area contributed by atoms with Gasteiger partial charge in [-0.3, -0.25) is 4.79 Å². The number of carbonyl (C=O) groups excluding carboxylic acids is 1. The van der Waals surface area contributed by atoms with Crippen molar-refractivity contribution in [1.82, 2.24) is 10.3 Å². The molecule has 0 saturated heterocycles. The molecule has 0 bridgehead atoms. The number of hydrogen-bond donors (Lipinski definition) is 3. The molecule has 2 rings (SSSR count). The number of aromatic amines is 1. The molecule has 0 radical (unpaired) electrons. The molecular weight excluding hydrogens is 424 g/mol. The van der Waals surface area contributed by atoms with Gasteiger partial charge in [-0.15, -0.1) is 0 Å². The lowest BCUT2D eigenvalue weighted by atomic mass is 10.0. The second-order valence-electron chi connectivity index (χ2n) is 9.72. The maximum Gasteiger partial charge on any atom is 0.326 e. The van der Waals surface area contributed by atoms with Crippen molar-refractivity contribution in [2.24, 2.45) is 0 Å². The molecule has 1 unspecified atom stereocenters. The van der Waals surface area contributed by atoms with Gasteiger partial charge >= 0.3 is 5.97 Å². The van der Waals surface area contributed by atoms with E-state index in [1.807, 2.05) is 30.5 Å². The van der Waals surface area contributed by atoms with Gasteiger partial charge in [0, 0.05) is 29.9 Å². The van der Waals surface area contributed by atoms with Crippen LogP contribution in [0, 0.1) is 0 Å². The van der Waals surface area contributed by atoms with Crippen LogP contribution in [-0.4, -0.2) is 28.0 Å². The van der Waals surface area contributed by atoms with Crippen molar-refractivity contribution in [3.8, 4) is 0 Å². The molecule has 0 aliphatic carbocycles. The van der Waals surface area contributed by atoms with Crippen LogP contribution in [0.1, 0.15) is 115 Å². The van der Waals surface area contributed by atoms with Crippen LogP contribution in [0.15, 0.2) is 30.5 Å². The minimum atomic E-state index is -0.991. The van der Waals surface area contributed by atoms with Crippen LogP contribution in [0.4, 0.5) is 0 Å². The van der Waals surface area contributed by atoms with Gasteiger partial charge in [-0.25, -0.2) is 4.79 Å². The van der Waals surface area contributed by atoms with Gasteiger partial charge in [-0.1, -0.05) is 115 Å². The number of para-hydroxylation sites is 1. The number of aromatic nitrogens is 1. The molecule has 0 aliphatic heterocycles. The first kappa shape index (κ1) is 27.9. The highest BCUT2D eigenvalue weighted by Gasteiger charge is 2.21. The molecule has 3 N–H and O–H groups in total. The van der Waals surface area contributed by atoms with Crippen LogP contribution >= 0.6 is 0 Å². The highest BCUT2D eigenvalue weighted by Crippen LogP contribution is 2.19. The lowest BCUT2D eigenvalue weighted by Crippen LogP contribution is -2.42. The van der Waals surface area contributed by atoms with Gasteiger partial charge < -0.3 is 15.4 Å². The zero-order chi connectivity index (χ0) is 24.4. The van der Waals surface area contributed by atoms with Crippen LogP contribution in [0.2, 0.25) is 0 Å². The smallest absolute Gasteiger partial charge is 0.326 e. The molecule has 34 heavy (non-hydrogen) atoms. The fourth-order valence-corrected chi connectivity index (χ4v) is 4.64. The molecule has 1 atom stereocenters.